The summed E-state index contributed by atoms with van der Waals surface area (Å²) < 4.78 is 4.82. The van der Waals surface area contributed by atoms with Crippen LogP contribution in [0.5, 0.6) is 0 Å². The largest absolute Gasteiger partial charge is 0.452 e. The summed E-state index contributed by atoms with van der Waals surface area (Å²) in [6, 6.07) is 5.40. The van der Waals surface area contributed by atoms with E-state index in [1.807, 2.05) is 12.1 Å². The van der Waals surface area contributed by atoms with E-state index < -0.39 is 6.09 Å². The van der Waals surface area contributed by atoms with Gasteiger partial charge in [-0.2, -0.15) is 0 Å². The van der Waals surface area contributed by atoms with Crippen molar-refractivity contribution in [1.82, 2.24) is 9.97 Å². The Kier molecular flexibility index (Phi) is 3.29. The van der Waals surface area contributed by atoms with E-state index in [1.54, 1.807) is 12.3 Å². The number of carbonyl (C=O) groups excluding carboxylic acids is 1. The Balaban J connectivity index is 2.19. The van der Waals surface area contributed by atoms with E-state index in [0.29, 0.717) is 22.1 Å². The van der Waals surface area contributed by atoms with Crippen molar-refractivity contribution in [2.45, 2.75) is 16.5 Å². The molecule has 0 saturated heterocycles. The lowest BCUT2D eigenvalue weighted by Crippen LogP contribution is -2.29. The minimum atomic E-state index is -0.539. The number of nitrogens with zero attached hydrogens (tertiary/aromatic N) is 3. The fraction of sp³-hybridized carbons (Fsp3) is 0.154. The first-order valence-electron chi connectivity index (χ1n) is 5.85. The van der Waals surface area contributed by atoms with Crippen LogP contribution < -0.4 is 4.90 Å². The molecule has 3 rings (SSSR count). The standard InChI is InChI=1S/C13H11N3O3S/c1-19-13(18)16-9-6-8(7-17)2-3-10(9)20-12-11(16)14-4-5-15-12/h2-6,17H,7H2,1H3. The molecule has 2 aromatic rings. The topological polar surface area (TPSA) is 75.5 Å². The summed E-state index contributed by atoms with van der Waals surface area (Å²) in [5.74, 6) is 0.437. The number of aromatic nitrogens is 2. The smallest absolute Gasteiger partial charge is 0.420 e. The van der Waals surface area contributed by atoms with Gasteiger partial charge in [0.15, 0.2) is 5.82 Å². The van der Waals surface area contributed by atoms with Gasteiger partial charge in [-0.05, 0) is 17.7 Å². The summed E-state index contributed by atoms with van der Waals surface area (Å²) in [5.41, 5.74) is 1.35. The van der Waals surface area contributed by atoms with E-state index in [0.717, 1.165) is 4.90 Å². The average molecular weight is 289 g/mol. The molecule has 0 atom stereocenters. The quantitative estimate of drug-likeness (QED) is 0.868. The van der Waals surface area contributed by atoms with E-state index in [4.69, 9.17) is 4.74 Å². The van der Waals surface area contributed by atoms with Gasteiger partial charge in [-0.1, -0.05) is 17.8 Å². The van der Waals surface area contributed by atoms with Gasteiger partial charge in [0.2, 0.25) is 0 Å². The van der Waals surface area contributed by atoms with Crippen molar-refractivity contribution in [3.8, 4) is 0 Å². The lowest BCUT2D eigenvalue weighted by Gasteiger charge is -2.28. The highest BCUT2D eigenvalue weighted by Crippen LogP contribution is 2.46. The summed E-state index contributed by atoms with van der Waals surface area (Å²) in [6.07, 6.45) is 2.56. The highest BCUT2D eigenvalue weighted by atomic mass is 32.2. The zero-order valence-electron chi connectivity index (χ0n) is 10.6. The first-order valence-corrected chi connectivity index (χ1v) is 6.67. The normalized spacial score (nSPS) is 12.6. The van der Waals surface area contributed by atoms with Gasteiger partial charge in [-0.25, -0.2) is 19.7 Å². The number of amides is 1. The van der Waals surface area contributed by atoms with E-state index in [2.05, 4.69) is 9.97 Å². The van der Waals surface area contributed by atoms with Gasteiger partial charge in [-0.15, -0.1) is 0 Å². The second-order valence-corrected chi connectivity index (χ2v) is 5.08. The molecule has 2 heterocycles. The summed E-state index contributed by atoms with van der Waals surface area (Å²) in [4.78, 5) is 22.7. The molecule has 0 saturated carbocycles. The highest BCUT2D eigenvalue weighted by molar-refractivity contribution is 7.99. The average Bonchev–Trinajstić information content (AvgIpc) is 2.51. The van der Waals surface area contributed by atoms with Gasteiger partial charge in [0, 0.05) is 17.3 Å². The van der Waals surface area contributed by atoms with Crippen LogP contribution in [0.15, 0.2) is 40.5 Å². The molecule has 7 heteroatoms. The Morgan fingerprint density at radius 1 is 1.40 bits per heavy atom. The van der Waals surface area contributed by atoms with Crippen LogP contribution in [-0.2, 0) is 11.3 Å². The fourth-order valence-electron chi connectivity index (χ4n) is 1.96. The Bertz CT molecular complexity index is 678. The minimum absolute atomic E-state index is 0.0969. The van der Waals surface area contributed by atoms with E-state index in [1.165, 1.54) is 30.0 Å². The van der Waals surface area contributed by atoms with E-state index >= 15 is 0 Å². The van der Waals surface area contributed by atoms with Crippen LogP contribution in [0.3, 0.4) is 0 Å². The predicted molar refractivity (Wildman–Crippen MR) is 73.1 cm³/mol. The molecule has 1 amide bonds. The van der Waals surface area contributed by atoms with Gasteiger partial charge in [0.25, 0.3) is 0 Å². The third kappa shape index (κ3) is 2.00. The molecule has 0 unspecified atom stereocenters. The van der Waals surface area contributed by atoms with Crippen LogP contribution in [0, 0.1) is 0 Å². The lowest BCUT2D eigenvalue weighted by atomic mass is 10.2. The van der Waals surface area contributed by atoms with Crippen LogP contribution in [-0.4, -0.2) is 28.3 Å². The van der Waals surface area contributed by atoms with Crippen molar-refractivity contribution in [3.05, 3.63) is 36.2 Å². The fourth-order valence-corrected chi connectivity index (χ4v) is 2.91. The number of fused-ring (bicyclic) bond motifs is 2. The number of hydrogen-bond donors (Lipinski definition) is 1. The Hall–Kier alpha value is -2.12. The molecule has 102 valence electrons. The monoisotopic (exact) mass is 289 g/mol. The number of rotatable bonds is 1. The first-order chi connectivity index (χ1) is 9.74. The number of benzene rings is 1. The molecule has 0 bridgehead atoms. The Morgan fingerprint density at radius 3 is 2.95 bits per heavy atom. The van der Waals surface area contributed by atoms with Crippen molar-refractivity contribution in [2.24, 2.45) is 0 Å². The number of carbonyl (C=O) groups is 1. The van der Waals surface area contributed by atoms with Crippen molar-refractivity contribution < 1.29 is 14.6 Å². The second kappa shape index (κ2) is 5.10. The first kappa shape index (κ1) is 12.9. The third-order valence-corrected chi connectivity index (χ3v) is 3.92. The molecule has 1 aliphatic rings. The molecule has 1 aromatic carbocycles. The maximum Gasteiger partial charge on any atom is 0.420 e. The molecule has 0 radical (unpaired) electrons. The van der Waals surface area contributed by atoms with Crippen LogP contribution in [0.4, 0.5) is 16.3 Å². The predicted octanol–water partition coefficient (Wildman–Crippen LogP) is 2.34. The van der Waals surface area contributed by atoms with Crippen LogP contribution in [0.2, 0.25) is 0 Å². The molecular formula is C13H11N3O3S. The SMILES string of the molecule is COC(=O)N1c2cc(CO)ccc2Sc2nccnc21. The number of anilines is 2. The summed E-state index contributed by atoms with van der Waals surface area (Å²) in [6.45, 7) is -0.0969. The number of aliphatic hydroxyl groups excluding tert-OH is 1. The van der Waals surface area contributed by atoms with Crippen molar-refractivity contribution in [3.63, 3.8) is 0 Å². The summed E-state index contributed by atoms with van der Waals surface area (Å²) in [5, 5.41) is 9.89. The molecule has 6 nitrogen and oxygen atoms in total. The van der Waals surface area contributed by atoms with Gasteiger partial charge in [0.05, 0.1) is 19.4 Å². The van der Waals surface area contributed by atoms with Crippen molar-refractivity contribution >= 4 is 29.4 Å². The summed E-state index contributed by atoms with van der Waals surface area (Å²) >= 11 is 1.43. The lowest BCUT2D eigenvalue weighted by molar-refractivity contribution is 0.181. The number of aliphatic hydroxyl groups is 1. The molecule has 0 spiro atoms. The van der Waals surface area contributed by atoms with Gasteiger partial charge in [0.1, 0.15) is 5.03 Å². The molecular weight excluding hydrogens is 278 g/mol. The second-order valence-electron chi connectivity index (χ2n) is 4.05. The molecule has 1 N–H and O–H groups in total. The molecule has 1 aliphatic heterocycles. The van der Waals surface area contributed by atoms with Gasteiger partial charge < -0.3 is 9.84 Å². The zero-order valence-corrected chi connectivity index (χ0v) is 11.4. The van der Waals surface area contributed by atoms with Crippen molar-refractivity contribution in [1.29, 1.82) is 0 Å². The van der Waals surface area contributed by atoms with Gasteiger partial charge in [-0.3, -0.25) is 0 Å². The Morgan fingerprint density at radius 2 is 2.20 bits per heavy atom. The van der Waals surface area contributed by atoms with Gasteiger partial charge >= 0.3 is 6.09 Å². The zero-order chi connectivity index (χ0) is 14.1. The minimum Gasteiger partial charge on any atom is -0.452 e. The number of hydrogen-bond acceptors (Lipinski definition) is 6. The highest BCUT2D eigenvalue weighted by Gasteiger charge is 2.31. The summed E-state index contributed by atoms with van der Waals surface area (Å²) in [7, 11) is 1.32. The number of methoxy groups -OCH3 is 1. The van der Waals surface area contributed by atoms with E-state index in [9.17, 15) is 9.90 Å². The molecule has 0 fully saturated rings. The maximum atomic E-state index is 12.1. The Labute approximate surface area is 119 Å². The van der Waals surface area contributed by atoms with Crippen LogP contribution >= 0.6 is 11.8 Å². The molecule has 0 aliphatic carbocycles. The van der Waals surface area contributed by atoms with Crippen molar-refractivity contribution in [2.75, 3.05) is 12.0 Å². The molecule has 1 aromatic heterocycles. The van der Waals surface area contributed by atoms with Crippen LogP contribution in [0.1, 0.15) is 5.56 Å². The molecule has 20 heavy (non-hydrogen) atoms. The third-order valence-electron chi connectivity index (χ3n) is 2.87. The maximum absolute atomic E-state index is 12.1. The van der Waals surface area contributed by atoms with E-state index in [-0.39, 0.29) is 6.61 Å². The van der Waals surface area contributed by atoms with Crippen LogP contribution in [0.25, 0.3) is 0 Å². The number of ether oxygens (including phenoxy) is 1.